The minimum atomic E-state index is -0.269. The summed E-state index contributed by atoms with van der Waals surface area (Å²) >= 11 is 1.66. The van der Waals surface area contributed by atoms with Crippen LogP contribution in [0.3, 0.4) is 0 Å². The Morgan fingerprint density at radius 2 is 1.77 bits per heavy atom. The quantitative estimate of drug-likeness (QED) is 0.242. The van der Waals surface area contributed by atoms with Crippen LogP contribution in [0.15, 0.2) is 53.4 Å². The summed E-state index contributed by atoms with van der Waals surface area (Å²) in [6, 6.07) is 14.3. The number of nitrogens with zero attached hydrogens (tertiary/aromatic N) is 2. The molecule has 1 saturated heterocycles. The maximum atomic E-state index is 14.4. The van der Waals surface area contributed by atoms with Gasteiger partial charge in [-0.05, 0) is 81.6 Å². The number of benzene rings is 2. The Balaban J connectivity index is 1.39. The van der Waals surface area contributed by atoms with Gasteiger partial charge in [0.25, 0.3) is 11.8 Å². The fraction of sp³-hybridized carbons (Fsp3) is 0.500. The van der Waals surface area contributed by atoms with E-state index in [4.69, 9.17) is 0 Å². The normalized spacial score (nSPS) is 20.4. The van der Waals surface area contributed by atoms with Gasteiger partial charge < -0.3 is 15.1 Å². The van der Waals surface area contributed by atoms with E-state index < -0.39 is 0 Å². The zero-order chi connectivity index (χ0) is 27.6. The third-order valence-corrected chi connectivity index (χ3v) is 9.00. The Morgan fingerprint density at radius 1 is 1.05 bits per heavy atom. The minimum absolute atomic E-state index is 0.0339. The molecule has 1 saturated carbocycles. The van der Waals surface area contributed by atoms with Gasteiger partial charge in [-0.25, -0.2) is 4.39 Å². The van der Waals surface area contributed by atoms with Gasteiger partial charge in [0, 0.05) is 35.5 Å². The molecule has 2 unspecified atom stereocenters. The smallest absolute Gasteiger partial charge is 0.260 e. The van der Waals surface area contributed by atoms with E-state index in [0.717, 1.165) is 70.1 Å². The molecule has 1 aliphatic carbocycles. The summed E-state index contributed by atoms with van der Waals surface area (Å²) in [6.45, 7) is 8.53. The summed E-state index contributed by atoms with van der Waals surface area (Å²) in [5.41, 5.74) is 2.06. The third kappa shape index (κ3) is 7.95. The van der Waals surface area contributed by atoms with Crippen LogP contribution in [0.4, 0.5) is 4.39 Å². The average molecular weight is 552 g/mol. The number of thioether (sulfide) groups is 1. The molecule has 2 aromatic carbocycles. The molecule has 0 spiro atoms. The van der Waals surface area contributed by atoms with E-state index in [9.17, 15) is 14.0 Å². The first-order valence-corrected chi connectivity index (χ1v) is 15.4. The SMILES string of the molecule is CCCN(CCC)CCCNC(=O)c1ccc(/C=C2/SC3CCCCC3N(Cc3ccccc3F)C2=O)cc1. The van der Waals surface area contributed by atoms with Crippen molar-refractivity contribution in [1.29, 1.82) is 0 Å². The number of nitrogens with one attached hydrogen (secondary N) is 1. The Morgan fingerprint density at radius 3 is 2.49 bits per heavy atom. The molecule has 2 aliphatic rings. The second kappa shape index (κ2) is 14.7. The predicted molar refractivity (Wildman–Crippen MR) is 159 cm³/mol. The van der Waals surface area contributed by atoms with Crippen molar-refractivity contribution in [2.24, 2.45) is 0 Å². The van der Waals surface area contributed by atoms with Gasteiger partial charge >= 0.3 is 0 Å². The molecular weight excluding hydrogens is 509 g/mol. The highest BCUT2D eigenvalue weighted by Gasteiger charge is 2.40. The highest BCUT2D eigenvalue weighted by atomic mass is 32.2. The van der Waals surface area contributed by atoms with Crippen LogP contribution in [0.1, 0.15) is 80.3 Å². The molecule has 2 aromatic rings. The zero-order valence-electron chi connectivity index (χ0n) is 23.3. The molecule has 0 bridgehead atoms. The molecule has 39 heavy (non-hydrogen) atoms. The second-order valence-corrected chi connectivity index (χ2v) is 11.9. The Hall–Kier alpha value is -2.64. The Labute approximate surface area is 237 Å². The lowest BCUT2D eigenvalue weighted by Crippen LogP contribution is -2.50. The number of carbonyl (C=O) groups excluding carboxylic acids is 2. The van der Waals surface area contributed by atoms with E-state index in [0.29, 0.717) is 34.4 Å². The lowest BCUT2D eigenvalue weighted by Gasteiger charge is -2.44. The topological polar surface area (TPSA) is 52.7 Å². The Bertz CT molecular complexity index is 1130. The summed E-state index contributed by atoms with van der Waals surface area (Å²) in [6.07, 6.45) is 9.41. The van der Waals surface area contributed by atoms with E-state index in [1.165, 1.54) is 6.07 Å². The van der Waals surface area contributed by atoms with Crippen LogP contribution in [0.2, 0.25) is 0 Å². The minimum Gasteiger partial charge on any atom is -0.352 e. The Kier molecular flexibility index (Phi) is 11.0. The van der Waals surface area contributed by atoms with Crippen molar-refractivity contribution in [3.8, 4) is 0 Å². The summed E-state index contributed by atoms with van der Waals surface area (Å²) in [5, 5.41) is 3.36. The first-order chi connectivity index (χ1) is 19.0. The first kappa shape index (κ1) is 29.3. The third-order valence-electron chi connectivity index (χ3n) is 7.60. The maximum Gasteiger partial charge on any atom is 0.260 e. The second-order valence-electron chi connectivity index (χ2n) is 10.6. The van der Waals surface area contributed by atoms with Gasteiger partial charge in [-0.15, -0.1) is 11.8 Å². The van der Waals surface area contributed by atoms with Gasteiger partial charge in [0.05, 0.1) is 4.91 Å². The molecule has 1 aliphatic heterocycles. The van der Waals surface area contributed by atoms with Crippen molar-refractivity contribution in [3.63, 3.8) is 0 Å². The number of hydrogen-bond donors (Lipinski definition) is 1. The van der Waals surface area contributed by atoms with Crippen molar-refractivity contribution in [2.75, 3.05) is 26.2 Å². The number of hydrogen-bond acceptors (Lipinski definition) is 4. The van der Waals surface area contributed by atoms with Crippen LogP contribution >= 0.6 is 11.8 Å². The van der Waals surface area contributed by atoms with Crippen molar-refractivity contribution < 1.29 is 14.0 Å². The zero-order valence-corrected chi connectivity index (χ0v) is 24.1. The average Bonchev–Trinajstić information content (AvgIpc) is 2.95. The van der Waals surface area contributed by atoms with Crippen LogP contribution in [0, 0.1) is 5.82 Å². The molecule has 1 heterocycles. The maximum absolute atomic E-state index is 14.4. The number of amides is 2. The lowest BCUT2D eigenvalue weighted by atomic mass is 9.92. The largest absolute Gasteiger partial charge is 0.352 e. The van der Waals surface area contributed by atoms with Crippen LogP contribution in [0.5, 0.6) is 0 Å². The van der Waals surface area contributed by atoms with Gasteiger partial charge in [0.2, 0.25) is 0 Å². The van der Waals surface area contributed by atoms with E-state index in [-0.39, 0.29) is 23.7 Å². The molecule has 2 amide bonds. The number of carbonyl (C=O) groups is 2. The molecule has 4 rings (SSSR count). The monoisotopic (exact) mass is 551 g/mol. The van der Waals surface area contributed by atoms with Crippen LogP contribution < -0.4 is 5.32 Å². The van der Waals surface area contributed by atoms with Crippen LogP contribution in [0.25, 0.3) is 6.08 Å². The molecule has 0 aromatic heterocycles. The highest BCUT2D eigenvalue weighted by Crippen LogP contribution is 2.42. The van der Waals surface area contributed by atoms with Gasteiger partial charge in [-0.2, -0.15) is 0 Å². The van der Waals surface area contributed by atoms with Gasteiger partial charge in [0.15, 0.2) is 0 Å². The van der Waals surface area contributed by atoms with Crippen LogP contribution in [-0.2, 0) is 11.3 Å². The van der Waals surface area contributed by atoms with Crippen molar-refractivity contribution >= 4 is 29.7 Å². The van der Waals surface area contributed by atoms with Crippen LogP contribution in [-0.4, -0.2) is 59.1 Å². The fourth-order valence-electron chi connectivity index (χ4n) is 5.63. The summed E-state index contributed by atoms with van der Waals surface area (Å²) in [5.74, 6) is -0.376. The number of halogens is 1. The fourth-order valence-corrected chi connectivity index (χ4v) is 7.10. The van der Waals surface area contributed by atoms with Gasteiger partial charge in [0.1, 0.15) is 5.82 Å². The van der Waals surface area contributed by atoms with Crippen molar-refractivity contribution in [1.82, 2.24) is 15.1 Å². The molecule has 210 valence electrons. The molecule has 1 N–H and O–H groups in total. The standard InChI is InChI=1S/C32H42FN3O2S/c1-3-19-35(20-4-2)21-9-18-34-31(37)25-16-14-24(15-17-25)22-30-32(38)36(23-26-10-5-6-11-27(26)33)28-12-7-8-13-29(28)39-30/h5-6,10-11,14-17,22,28-29H,3-4,7-9,12-13,18-21,23H2,1-2H3,(H,34,37)/b30-22+. The molecule has 2 atom stereocenters. The molecule has 2 fully saturated rings. The van der Waals surface area contributed by atoms with Crippen molar-refractivity contribution in [2.45, 2.75) is 76.6 Å². The van der Waals surface area contributed by atoms with E-state index >= 15 is 0 Å². The van der Waals surface area contributed by atoms with E-state index in [1.54, 1.807) is 23.9 Å². The summed E-state index contributed by atoms with van der Waals surface area (Å²) in [4.78, 5) is 31.3. The van der Waals surface area contributed by atoms with E-state index in [1.807, 2.05) is 41.3 Å². The molecule has 7 heteroatoms. The van der Waals surface area contributed by atoms with Gasteiger partial charge in [-0.1, -0.05) is 57.0 Å². The summed E-state index contributed by atoms with van der Waals surface area (Å²) < 4.78 is 14.4. The summed E-state index contributed by atoms with van der Waals surface area (Å²) in [7, 11) is 0. The predicted octanol–water partition coefficient (Wildman–Crippen LogP) is 6.50. The lowest BCUT2D eigenvalue weighted by molar-refractivity contribution is -0.130. The van der Waals surface area contributed by atoms with E-state index in [2.05, 4.69) is 24.1 Å². The van der Waals surface area contributed by atoms with Crippen molar-refractivity contribution in [3.05, 3.63) is 75.9 Å². The molecule has 5 nitrogen and oxygen atoms in total. The molecular formula is C32H42FN3O2S. The highest BCUT2D eigenvalue weighted by molar-refractivity contribution is 8.04. The van der Waals surface area contributed by atoms with Gasteiger partial charge in [-0.3, -0.25) is 9.59 Å². The first-order valence-electron chi connectivity index (χ1n) is 14.5. The number of rotatable bonds is 12. The number of fused-ring (bicyclic) bond motifs is 1. The molecule has 0 radical (unpaired) electrons.